The quantitative estimate of drug-likeness (QED) is 0.693. The Labute approximate surface area is 164 Å². The Morgan fingerprint density at radius 1 is 1.18 bits per heavy atom. The summed E-state index contributed by atoms with van der Waals surface area (Å²) in [6, 6.07) is 7.75. The lowest BCUT2D eigenvalue weighted by atomic mass is 9.96. The molecule has 28 heavy (non-hydrogen) atoms. The van der Waals surface area contributed by atoms with Gasteiger partial charge in [0, 0.05) is 13.0 Å². The molecule has 2 aromatic carbocycles. The van der Waals surface area contributed by atoms with E-state index in [4.69, 9.17) is 16.3 Å². The summed E-state index contributed by atoms with van der Waals surface area (Å²) in [6.45, 7) is -0.190. The number of sulfonamides is 1. The van der Waals surface area contributed by atoms with Crippen molar-refractivity contribution in [3.8, 4) is 0 Å². The molecule has 1 aliphatic heterocycles. The minimum absolute atomic E-state index is 0.0403. The third-order valence-corrected chi connectivity index (χ3v) is 6.86. The van der Waals surface area contributed by atoms with Crippen molar-refractivity contribution < 1.29 is 31.1 Å². The van der Waals surface area contributed by atoms with Gasteiger partial charge in [0.05, 0.1) is 17.7 Å². The number of methoxy groups -OCH3 is 1. The molecule has 1 aliphatic rings. The Morgan fingerprint density at radius 3 is 2.43 bits per heavy atom. The Hall–Kier alpha value is -2.10. The molecule has 0 aliphatic carbocycles. The first kappa shape index (κ1) is 20.6. The van der Waals surface area contributed by atoms with Gasteiger partial charge >= 0.3 is 12.1 Å². The van der Waals surface area contributed by atoms with E-state index in [1.807, 2.05) is 0 Å². The first-order chi connectivity index (χ1) is 13.1. The van der Waals surface area contributed by atoms with Crippen LogP contribution >= 0.6 is 11.6 Å². The molecule has 0 N–H and O–H groups in total. The molecule has 0 bridgehead atoms. The summed E-state index contributed by atoms with van der Waals surface area (Å²) < 4.78 is 71.1. The average Bonchev–Trinajstić information content (AvgIpc) is 2.65. The van der Waals surface area contributed by atoms with Crippen LogP contribution in [0.4, 0.5) is 13.2 Å². The number of esters is 1. The predicted octanol–water partition coefficient (Wildman–Crippen LogP) is 3.65. The smallest absolute Gasteiger partial charge is 0.416 e. The van der Waals surface area contributed by atoms with E-state index in [0.29, 0.717) is 17.7 Å². The summed E-state index contributed by atoms with van der Waals surface area (Å²) in [5.41, 5.74) is 0.260. The van der Waals surface area contributed by atoms with Gasteiger partial charge in [0.15, 0.2) is 0 Å². The van der Waals surface area contributed by atoms with E-state index >= 15 is 0 Å². The molecule has 150 valence electrons. The number of carbonyl (C=O) groups is 1. The Morgan fingerprint density at radius 2 is 1.82 bits per heavy atom. The maximum atomic E-state index is 13.2. The van der Waals surface area contributed by atoms with Crippen molar-refractivity contribution in [2.24, 2.45) is 0 Å². The molecule has 0 spiro atoms. The molecule has 5 nitrogen and oxygen atoms in total. The van der Waals surface area contributed by atoms with Crippen LogP contribution in [0, 0.1) is 0 Å². The third kappa shape index (κ3) is 3.74. The number of hydrogen-bond acceptors (Lipinski definition) is 4. The standard InChI is InChI=1S/C18H15ClF3NO4S/c1-27-17(24)15-8-11-4-2-3-5-12(11)10-23(15)28(25,26)16-9-13(18(20,21)22)6-7-14(16)19/h2-7,9,15H,8,10H2,1H3. The number of carbonyl (C=O) groups excluding carboxylic acids is 1. The van der Waals surface area contributed by atoms with Gasteiger partial charge in [-0.3, -0.25) is 4.79 Å². The van der Waals surface area contributed by atoms with E-state index in [1.165, 1.54) is 0 Å². The fourth-order valence-corrected chi connectivity index (χ4v) is 5.15. The highest BCUT2D eigenvalue weighted by molar-refractivity contribution is 7.89. The lowest BCUT2D eigenvalue weighted by molar-refractivity contribution is -0.145. The van der Waals surface area contributed by atoms with Crippen LogP contribution in [0.3, 0.4) is 0 Å². The van der Waals surface area contributed by atoms with Crippen LogP contribution in [0.1, 0.15) is 16.7 Å². The predicted molar refractivity (Wildman–Crippen MR) is 95.1 cm³/mol. The Kier molecular flexibility index (Phi) is 5.44. The molecule has 0 radical (unpaired) electrons. The maximum Gasteiger partial charge on any atom is 0.416 e. The number of rotatable bonds is 3. The number of halogens is 4. The second-order valence-electron chi connectivity index (χ2n) is 6.21. The van der Waals surface area contributed by atoms with E-state index in [1.54, 1.807) is 24.3 Å². The SMILES string of the molecule is COC(=O)C1Cc2ccccc2CN1S(=O)(=O)c1cc(C(F)(F)F)ccc1Cl. The molecule has 2 aromatic rings. The van der Waals surface area contributed by atoms with Crippen molar-refractivity contribution in [3.05, 3.63) is 64.2 Å². The van der Waals surface area contributed by atoms with Gasteiger partial charge < -0.3 is 4.74 Å². The largest absolute Gasteiger partial charge is 0.468 e. The molecule has 0 aromatic heterocycles. The van der Waals surface area contributed by atoms with E-state index in [0.717, 1.165) is 23.0 Å². The van der Waals surface area contributed by atoms with Gasteiger partial charge in [-0.05, 0) is 29.3 Å². The van der Waals surface area contributed by atoms with E-state index in [9.17, 15) is 26.4 Å². The highest BCUT2D eigenvalue weighted by Crippen LogP contribution is 2.36. The van der Waals surface area contributed by atoms with Crippen LogP contribution in [0.15, 0.2) is 47.4 Å². The minimum atomic E-state index is -4.74. The van der Waals surface area contributed by atoms with Crippen molar-refractivity contribution in [1.82, 2.24) is 4.31 Å². The lowest BCUT2D eigenvalue weighted by Crippen LogP contribution is -2.49. The molecule has 0 amide bonds. The fourth-order valence-electron chi connectivity index (χ4n) is 3.09. The first-order valence-corrected chi connectivity index (χ1v) is 9.90. The van der Waals surface area contributed by atoms with E-state index < -0.39 is 38.7 Å². The van der Waals surface area contributed by atoms with Crippen molar-refractivity contribution in [2.45, 2.75) is 30.1 Å². The molecule has 0 fully saturated rings. The zero-order valence-corrected chi connectivity index (χ0v) is 16.1. The highest BCUT2D eigenvalue weighted by Gasteiger charge is 2.42. The normalized spacial score (nSPS) is 17.8. The third-order valence-electron chi connectivity index (χ3n) is 4.52. The second kappa shape index (κ2) is 7.38. The van der Waals surface area contributed by atoms with Crippen molar-refractivity contribution >= 4 is 27.6 Å². The molecular weight excluding hydrogens is 419 g/mol. The Balaban J connectivity index is 2.13. The molecule has 0 saturated carbocycles. The van der Waals surface area contributed by atoms with Crippen LogP contribution in [0.25, 0.3) is 0 Å². The van der Waals surface area contributed by atoms with Gasteiger partial charge in [-0.25, -0.2) is 8.42 Å². The number of alkyl halides is 3. The summed E-state index contributed by atoms with van der Waals surface area (Å²) >= 11 is 5.92. The zero-order chi connectivity index (χ0) is 20.7. The summed E-state index contributed by atoms with van der Waals surface area (Å²) in [6.07, 6.45) is -4.70. The summed E-state index contributed by atoms with van der Waals surface area (Å²) in [5.74, 6) is -0.804. The van der Waals surface area contributed by atoms with Gasteiger partial charge in [0.25, 0.3) is 0 Å². The van der Waals surface area contributed by atoms with Gasteiger partial charge in [0.2, 0.25) is 10.0 Å². The van der Waals surface area contributed by atoms with Crippen molar-refractivity contribution in [2.75, 3.05) is 7.11 Å². The zero-order valence-electron chi connectivity index (χ0n) is 14.5. The number of hydrogen-bond donors (Lipinski definition) is 0. The molecule has 1 unspecified atom stereocenters. The van der Waals surface area contributed by atoms with E-state index in [-0.39, 0.29) is 18.0 Å². The number of fused-ring (bicyclic) bond motifs is 1. The highest BCUT2D eigenvalue weighted by atomic mass is 35.5. The van der Waals surface area contributed by atoms with Crippen LogP contribution < -0.4 is 0 Å². The average molecular weight is 434 g/mol. The molecule has 0 saturated heterocycles. The van der Waals surface area contributed by atoms with Gasteiger partial charge in [-0.2, -0.15) is 17.5 Å². The van der Waals surface area contributed by atoms with Gasteiger partial charge in [-0.15, -0.1) is 0 Å². The van der Waals surface area contributed by atoms with E-state index in [2.05, 4.69) is 0 Å². The fraction of sp³-hybridized carbons (Fsp3) is 0.278. The van der Waals surface area contributed by atoms with Crippen LogP contribution in [-0.2, 0) is 38.7 Å². The van der Waals surface area contributed by atoms with Gasteiger partial charge in [-0.1, -0.05) is 35.9 Å². The van der Waals surface area contributed by atoms with Crippen molar-refractivity contribution in [1.29, 1.82) is 0 Å². The lowest BCUT2D eigenvalue weighted by Gasteiger charge is -2.34. The first-order valence-electron chi connectivity index (χ1n) is 8.09. The maximum absolute atomic E-state index is 13.2. The molecule has 3 rings (SSSR count). The molecule has 1 atom stereocenters. The van der Waals surface area contributed by atoms with Gasteiger partial charge in [0.1, 0.15) is 10.9 Å². The summed E-state index contributed by atoms with van der Waals surface area (Å²) in [5, 5.41) is -0.365. The number of ether oxygens (including phenoxy) is 1. The summed E-state index contributed by atoms with van der Waals surface area (Å²) in [4.78, 5) is 11.5. The Bertz CT molecular complexity index is 1020. The van der Waals surface area contributed by atoms with Crippen molar-refractivity contribution in [3.63, 3.8) is 0 Å². The van der Waals surface area contributed by atoms with Crippen LogP contribution in [0.5, 0.6) is 0 Å². The molecule has 1 heterocycles. The molecule has 10 heteroatoms. The summed E-state index contributed by atoms with van der Waals surface area (Å²) in [7, 11) is -3.41. The monoisotopic (exact) mass is 433 g/mol. The van der Waals surface area contributed by atoms with Crippen LogP contribution in [-0.4, -0.2) is 31.8 Å². The minimum Gasteiger partial charge on any atom is -0.468 e. The second-order valence-corrected chi connectivity index (χ2v) is 8.47. The van der Waals surface area contributed by atoms with Crippen LogP contribution in [0.2, 0.25) is 5.02 Å². The molecular formula is C18H15ClF3NO4S. The topological polar surface area (TPSA) is 63.7 Å². The number of nitrogens with zero attached hydrogens (tertiary/aromatic N) is 1. The number of benzene rings is 2.